The van der Waals surface area contributed by atoms with E-state index >= 15 is 0 Å². The van der Waals surface area contributed by atoms with Crippen LogP contribution in [-0.2, 0) is 4.79 Å². The van der Waals surface area contributed by atoms with Crippen LogP contribution in [0.2, 0.25) is 0 Å². The van der Waals surface area contributed by atoms with Gasteiger partial charge in [-0.25, -0.2) is 0 Å². The number of nitrogens with two attached hydrogens (primary N) is 1. The first-order valence-corrected chi connectivity index (χ1v) is 5.98. The SMILES string of the molecule is CCNC1CC2CCC(C1)N2CC(N)=O. The quantitative estimate of drug-likeness (QED) is 0.692. The Labute approximate surface area is 91.2 Å². The summed E-state index contributed by atoms with van der Waals surface area (Å²) >= 11 is 0. The Morgan fingerprint density at radius 2 is 2.00 bits per heavy atom. The number of carbonyl (C=O) groups is 1. The van der Waals surface area contributed by atoms with Gasteiger partial charge in [0.05, 0.1) is 6.54 Å². The topological polar surface area (TPSA) is 58.4 Å². The maximum Gasteiger partial charge on any atom is 0.231 e. The van der Waals surface area contributed by atoms with E-state index in [1.807, 2.05) is 0 Å². The summed E-state index contributed by atoms with van der Waals surface area (Å²) in [5.41, 5.74) is 5.27. The Morgan fingerprint density at radius 3 is 2.47 bits per heavy atom. The van der Waals surface area contributed by atoms with Crippen molar-refractivity contribution in [3.63, 3.8) is 0 Å². The second-order valence-corrected chi connectivity index (χ2v) is 4.75. The van der Waals surface area contributed by atoms with Gasteiger partial charge in [0.1, 0.15) is 0 Å². The van der Waals surface area contributed by atoms with Gasteiger partial charge in [-0.05, 0) is 32.2 Å². The number of fused-ring (bicyclic) bond motifs is 2. The van der Waals surface area contributed by atoms with Crippen LogP contribution in [-0.4, -0.2) is 42.0 Å². The van der Waals surface area contributed by atoms with Crippen LogP contribution in [0.15, 0.2) is 0 Å². The predicted molar refractivity (Wildman–Crippen MR) is 59.4 cm³/mol. The van der Waals surface area contributed by atoms with Crippen molar-refractivity contribution in [2.45, 2.75) is 50.7 Å². The van der Waals surface area contributed by atoms with Crippen molar-refractivity contribution in [1.29, 1.82) is 0 Å². The molecule has 2 atom stereocenters. The second-order valence-electron chi connectivity index (χ2n) is 4.75. The van der Waals surface area contributed by atoms with E-state index in [2.05, 4.69) is 17.1 Å². The molecular weight excluding hydrogens is 190 g/mol. The third-order valence-electron chi connectivity index (χ3n) is 3.72. The van der Waals surface area contributed by atoms with Crippen molar-refractivity contribution in [2.24, 2.45) is 5.73 Å². The molecule has 0 saturated carbocycles. The Morgan fingerprint density at radius 1 is 1.40 bits per heavy atom. The van der Waals surface area contributed by atoms with Gasteiger partial charge in [-0.2, -0.15) is 0 Å². The number of nitrogens with zero attached hydrogens (tertiary/aromatic N) is 1. The minimum atomic E-state index is -0.186. The predicted octanol–water partition coefficient (Wildman–Crippen LogP) is 0.0766. The highest BCUT2D eigenvalue weighted by Gasteiger charge is 2.40. The molecular formula is C11H21N3O. The smallest absolute Gasteiger partial charge is 0.231 e. The molecule has 3 N–H and O–H groups in total. The molecule has 4 heteroatoms. The van der Waals surface area contributed by atoms with Gasteiger partial charge in [0.25, 0.3) is 0 Å². The molecule has 2 aliphatic heterocycles. The number of hydrogen-bond donors (Lipinski definition) is 2. The zero-order chi connectivity index (χ0) is 10.8. The number of nitrogens with one attached hydrogen (secondary N) is 1. The zero-order valence-corrected chi connectivity index (χ0v) is 9.41. The van der Waals surface area contributed by atoms with Crippen molar-refractivity contribution in [3.05, 3.63) is 0 Å². The lowest BCUT2D eigenvalue weighted by Crippen LogP contribution is -2.51. The van der Waals surface area contributed by atoms with Gasteiger partial charge in [0.2, 0.25) is 5.91 Å². The molecule has 2 aliphatic rings. The molecule has 2 fully saturated rings. The van der Waals surface area contributed by atoms with Crippen LogP contribution in [0.25, 0.3) is 0 Å². The van der Waals surface area contributed by atoms with E-state index in [1.54, 1.807) is 0 Å². The lowest BCUT2D eigenvalue weighted by Gasteiger charge is -2.38. The Kier molecular flexibility index (Phi) is 3.26. The number of rotatable bonds is 4. The second kappa shape index (κ2) is 4.49. The van der Waals surface area contributed by atoms with E-state index in [0.717, 1.165) is 6.54 Å². The van der Waals surface area contributed by atoms with Crippen LogP contribution in [0.3, 0.4) is 0 Å². The van der Waals surface area contributed by atoms with Crippen molar-refractivity contribution in [1.82, 2.24) is 10.2 Å². The summed E-state index contributed by atoms with van der Waals surface area (Å²) in [6.45, 7) is 3.64. The minimum Gasteiger partial charge on any atom is -0.369 e. The largest absolute Gasteiger partial charge is 0.369 e. The van der Waals surface area contributed by atoms with Crippen LogP contribution in [0.4, 0.5) is 0 Å². The van der Waals surface area contributed by atoms with E-state index in [0.29, 0.717) is 24.7 Å². The van der Waals surface area contributed by atoms with Crippen molar-refractivity contribution < 1.29 is 4.79 Å². The average Bonchev–Trinajstić information content (AvgIpc) is 2.43. The van der Waals surface area contributed by atoms with Gasteiger partial charge < -0.3 is 11.1 Å². The summed E-state index contributed by atoms with van der Waals surface area (Å²) in [4.78, 5) is 13.3. The molecule has 0 aromatic carbocycles. The molecule has 2 bridgehead atoms. The van der Waals surface area contributed by atoms with Crippen LogP contribution < -0.4 is 11.1 Å². The molecule has 86 valence electrons. The van der Waals surface area contributed by atoms with E-state index in [9.17, 15) is 4.79 Å². The fourth-order valence-corrected chi connectivity index (χ4v) is 3.17. The van der Waals surface area contributed by atoms with Crippen molar-refractivity contribution >= 4 is 5.91 Å². The first-order valence-electron chi connectivity index (χ1n) is 5.98. The summed E-state index contributed by atoms with van der Waals surface area (Å²) in [5.74, 6) is -0.186. The van der Waals surface area contributed by atoms with Crippen molar-refractivity contribution in [3.8, 4) is 0 Å². The fraction of sp³-hybridized carbons (Fsp3) is 0.909. The molecule has 4 nitrogen and oxygen atoms in total. The molecule has 0 spiro atoms. The molecule has 0 radical (unpaired) electrons. The highest BCUT2D eigenvalue weighted by atomic mass is 16.1. The molecule has 0 aromatic rings. The standard InChI is InChI=1S/C11H21N3O/c1-2-13-8-5-9-3-4-10(6-8)14(9)7-11(12)15/h8-10,13H,2-7H2,1H3,(H2,12,15). The highest BCUT2D eigenvalue weighted by molar-refractivity contribution is 5.76. The average molecular weight is 211 g/mol. The highest BCUT2D eigenvalue weighted by Crippen LogP contribution is 2.35. The monoisotopic (exact) mass is 211 g/mol. The van der Waals surface area contributed by atoms with Gasteiger partial charge >= 0.3 is 0 Å². The summed E-state index contributed by atoms with van der Waals surface area (Å²) < 4.78 is 0. The zero-order valence-electron chi connectivity index (χ0n) is 9.41. The minimum absolute atomic E-state index is 0.186. The number of amides is 1. The summed E-state index contributed by atoms with van der Waals surface area (Å²) in [6.07, 6.45) is 4.83. The lowest BCUT2D eigenvalue weighted by molar-refractivity contribution is -0.120. The number of carbonyl (C=O) groups excluding carboxylic acids is 1. The summed E-state index contributed by atoms with van der Waals surface area (Å²) in [7, 11) is 0. The number of piperidine rings is 1. The third-order valence-corrected chi connectivity index (χ3v) is 3.72. The van der Waals surface area contributed by atoms with Crippen LogP contribution in [0, 0.1) is 0 Å². The molecule has 15 heavy (non-hydrogen) atoms. The molecule has 2 heterocycles. The van der Waals surface area contributed by atoms with Crippen molar-refractivity contribution in [2.75, 3.05) is 13.1 Å². The molecule has 1 amide bonds. The number of hydrogen-bond acceptors (Lipinski definition) is 3. The maximum atomic E-state index is 11.0. The van der Waals surface area contributed by atoms with E-state index in [1.165, 1.54) is 25.7 Å². The van der Waals surface area contributed by atoms with E-state index in [4.69, 9.17) is 5.73 Å². The molecule has 2 rings (SSSR count). The molecule has 2 unspecified atom stereocenters. The number of primary amides is 1. The lowest BCUT2D eigenvalue weighted by atomic mass is 9.97. The van der Waals surface area contributed by atoms with Gasteiger partial charge in [0, 0.05) is 18.1 Å². The molecule has 0 aliphatic carbocycles. The van der Waals surface area contributed by atoms with Gasteiger partial charge in [-0.15, -0.1) is 0 Å². The van der Waals surface area contributed by atoms with Gasteiger partial charge in [-0.1, -0.05) is 6.92 Å². The first kappa shape index (κ1) is 10.9. The van der Waals surface area contributed by atoms with Crippen LogP contribution in [0.1, 0.15) is 32.6 Å². The van der Waals surface area contributed by atoms with Crippen LogP contribution in [0.5, 0.6) is 0 Å². The Bertz CT molecular complexity index is 230. The summed E-state index contributed by atoms with van der Waals surface area (Å²) in [5, 5.41) is 3.52. The molecule has 0 aromatic heterocycles. The van der Waals surface area contributed by atoms with Gasteiger partial charge in [0.15, 0.2) is 0 Å². The first-order chi connectivity index (χ1) is 7.20. The maximum absolute atomic E-state index is 11.0. The summed E-state index contributed by atoms with van der Waals surface area (Å²) in [6, 6.07) is 1.82. The van der Waals surface area contributed by atoms with E-state index in [-0.39, 0.29) is 5.91 Å². The molecule has 2 saturated heterocycles. The van der Waals surface area contributed by atoms with E-state index < -0.39 is 0 Å². The Hall–Kier alpha value is -0.610. The van der Waals surface area contributed by atoms with Crippen LogP contribution >= 0.6 is 0 Å². The fourth-order valence-electron chi connectivity index (χ4n) is 3.17. The van der Waals surface area contributed by atoms with Gasteiger partial charge in [-0.3, -0.25) is 9.69 Å². The normalized spacial score (nSPS) is 35.7. The Balaban J connectivity index is 1.94. The third kappa shape index (κ3) is 2.32.